The molecule has 0 atom stereocenters. The number of esters is 1. The number of carbonyl (C=O) groups excluding carboxylic acids is 2. The van der Waals surface area contributed by atoms with Gasteiger partial charge in [0.25, 0.3) is 5.56 Å². The maximum Gasteiger partial charge on any atom is 0.334 e. The minimum atomic E-state index is -0.770. The van der Waals surface area contributed by atoms with E-state index in [-0.39, 0.29) is 29.9 Å². The second-order valence-corrected chi connectivity index (χ2v) is 7.06. The average molecular weight is 412 g/mol. The van der Waals surface area contributed by atoms with Crippen LogP contribution in [0.5, 0.6) is 0 Å². The van der Waals surface area contributed by atoms with Crippen LogP contribution in [0.3, 0.4) is 0 Å². The van der Waals surface area contributed by atoms with E-state index in [1.807, 2.05) is 6.07 Å². The highest BCUT2D eigenvalue weighted by molar-refractivity contribution is 6.09. The predicted molar refractivity (Wildman–Crippen MR) is 109 cm³/mol. The molecule has 0 aliphatic carbocycles. The quantitative estimate of drug-likeness (QED) is 0.529. The molecule has 0 amide bonds. The summed E-state index contributed by atoms with van der Waals surface area (Å²) in [4.78, 5) is 50.8. The minimum Gasteiger partial charge on any atom is -0.443 e. The van der Waals surface area contributed by atoms with Crippen LogP contribution in [-0.4, -0.2) is 27.4 Å². The fourth-order valence-electron chi connectivity index (χ4n) is 3.20. The second kappa shape index (κ2) is 9.33. The third-order valence-electron chi connectivity index (χ3n) is 4.56. The minimum absolute atomic E-state index is 0.0293. The van der Waals surface area contributed by atoms with Crippen molar-refractivity contribution in [2.75, 3.05) is 6.54 Å². The van der Waals surface area contributed by atoms with Crippen molar-refractivity contribution in [3.05, 3.63) is 67.0 Å². The zero-order chi connectivity index (χ0) is 22.6. The van der Waals surface area contributed by atoms with Crippen LogP contribution in [0.2, 0.25) is 0 Å². The highest BCUT2D eigenvalue weighted by Gasteiger charge is 2.27. The topological polar surface area (TPSA) is 137 Å². The first-order valence-corrected chi connectivity index (χ1v) is 9.45. The van der Waals surface area contributed by atoms with Gasteiger partial charge in [-0.15, -0.1) is 0 Å². The van der Waals surface area contributed by atoms with Gasteiger partial charge < -0.3 is 10.5 Å². The zero-order valence-corrected chi connectivity index (χ0v) is 17.4. The molecular formula is C21H24N4O5. The maximum absolute atomic E-state index is 13.4. The van der Waals surface area contributed by atoms with E-state index in [0.29, 0.717) is 11.1 Å². The van der Waals surface area contributed by atoms with Gasteiger partial charge in [0.05, 0.1) is 18.2 Å². The Morgan fingerprint density at radius 3 is 2.40 bits per heavy atom. The number of nitriles is 1. The average Bonchev–Trinajstić information content (AvgIpc) is 2.71. The Morgan fingerprint density at radius 2 is 1.87 bits per heavy atom. The van der Waals surface area contributed by atoms with E-state index < -0.39 is 35.7 Å². The van der Waals surface area contributed by atoms with Crippen LogP contribution in [0.15, 0.2) is 27.8 Å². The molecular weight excluding hydrogens is 388 g/mol. The molecule has 9 nitrogen and oxygen atoms in total. The molecule has 0 saturated heterocycles. The van der Waals surface area contributed by atoms with E-state index in [4.69, 9.17) is 10.5 Å². The summed E-state index contributed by atoms with van der Waals surface area (Å²) in [7, 11) is 0. The molecule has 0 radical (unpaired) electrons. The third kappa shape index (κ3) is 4.39. The Hall–Kier alpha value is -3.51. The largest absolute Gasteiger partial charge is 0.443 e. The number of nitrogens with zero attached hydrogens (tertiary/aromatic N) is 3. The highest BCUT2D eigenvalue weighted by atomic mass is 16.5. The lowest BCUT2D eigenvalue weighted by Crippen LogP contribution is -2.45. The molecule has 1 aromatic heterocycles. The van der Waals surface area contributed by atoms with Gasteiger partial charge in [0, 0.05) is 17.7 Å². The van der Waals surface area contributed by atoms with Gasteiger partial charge in [-0.2, -0.15) is 5.26 Å². The van der Waals surface area contributed by atoms with Crippen LogP contribution in [-0.2, 0) is 22.8 Å². The lowest BCUT2D eigenvalue weighted by molar-refractivity contribution is -0.145. The normalized spacial score (nSPS) is 10.7. The Morgan fingerprint density at radius 1 is 1.20 bits per heavy atom. The third-order valence-corrected chi connectivity index (χ3v) is 4.56. The lowest BCUT2D eigenvalue weighted by atomic mass is 9.95. The molecule has 2 aromatic rings. The first kappa shape index (κ1) is 22.8. The van der Waals surface area contributed by atoms with Crippen LogP contribution < -0.4 is 17.0 Å². The molecule has 0 unspecified atom stereocenters. The second-order valence-electron chi connectivity index (χ2n) is 7.06. The molecule has 2 rings (SSSR count). The summed E-state index contributed by atoms with van der Waals surface area (Å²) < 4.78 is 6.83. The SMILES string of the molecule is CCn1c(C(=O)c2cc(C)cc(C#N)c2)c(C(C)C)c(=O)n(COC(=O)CN)c1=O. The summed E-state index contributed by atoms with van der Waals surface area (Å²) in [6.07, 6.45) is 0. The van der Waals surface area contributed by atoms with E-state index >= 15 is 0 Å². The van der Waals surface area contributed by atoms with Crippen molar-refractivity contribution in [2.24, 2.45) is 5.73 Å². The van der Waals surface area contributed by atoms with Crippen LogP contribution >= 0.6 is 0 Å². The molecule has 0 aliphatic rings. The Bertz CT molecular complexity index is 1150. The summed E-state index contributed by atoms with van der Waals surface area (Å²) in [5.41, 5.74) is 5.04. The molecule has 1 heterocycles. The van der Waals surface area contributed by atoms with Crippen LogP contribution in [0.4, 0.5) is 0 Å². The van der Waals surface area contributed by atoms with E-state index in [9.17, 15) is 24.4 Å². The van der Waals surface area contributed by atoms with Crippen molar-refractivity contribution in [1.82, 2.24) is 9.13 Å². The number of hydrogen-bond acceptors (Lipinski definition) is 7. The molecule has 0 bridgehead atoms. The Kier molecular flexibility index (Phi) is 7.08. The van der Waals surface area contributed by atoms with Gasteiger partial charge in [0.15, 0.2) is 6.73 Å². The van der Waals surface area contributed by atoms with E-state index in [1.54, 1.807) is 39.8 Å². The lowest BCUT2D eigenvalue weighted by Gasteiger charge is -2.19. The number of nitrogens with two attached hydrogens (primary N) is 1. The Balaban J connectivity index is 2.79. The van der Waals surface area contributed by atoms with Gasteiger partial charge in [-0.25, -0.2) is 9.36 Å². The van der Waals surface area contributed by atoms with Gasteiger partial charge in [0.1, 0.15) is 5.69 Å². The summed E-state index contributed by atoms with van der Waals surface area (Å²) in [6, 6.07) is 6.67. The van der Waals surface area contributed by atoms with Crippen molar-refractivity contribution in [2.45, 2.75) is 46.9 Å². The molecule has 1 aromatic carbocycles. The summed E-state index contributed by atoms with van der Waals surface area (Å²) in [5, 5.41) is 9.21. The van der Waals surface area contributed by atoms with E-state index in [2.05, 4.69) is 0 Å². The molecule has 2 N–H and O–H groups in total. The maximum atomic E-state index is 13.4. The summed E-state index contributed by atoms with van der Waals surface area (Å²) in [6.45, 7) is 6.00. The summed E-state index contributed by atoms with van der Waals surface area (Å²) in [5.74, 6) is -1.69. The first-order chi connectivity index (χ1) is 14.2. The van der Waals surface area contributed by atoms with Crippen molar-refractivity contribution >= 4 is 11.8 Å². The van der Waals surface area contributed by atoms with Gasteiger partial charge in [0.2, 0.25) is 5.78 Å². The predicted octanol–water partition coefficient (Wildman–Crippen LogP) is 1.02. The fourth-order valence-corrected chi connectivity index (χ4v) is 3.20. The van der Waals surface area contributed by atoms with Crippen LogP contribution in [0, 0.1) is 18.3 Å². The van der Waals surface area contributed by atoms with E-state index in [1.165, 1.54) is 10.6 Å². The molecule has 0 saturated carbocycles. The first-order valence-electron chi connectivity index (χ1n) is 9.45. The van der Waals surface area contributed by atoms with Crippen LogP contribution in [0.25, 0.3) is 0 Å². The standard InChI is InChI=1S/C21H24N4O5/c1-5-24-18(19(27)15-7-13(4)6-14(8-15)9-22)17(12(2)3)20(28)25(21(24)29)11-30-16(26)10-23/h6-8,12H,5,10-11,23H2,1-4H3. The number of aromatic nitrogens is 2. The van der Waals surface area contributed by atoms with Gasteiger partial charge in [-0.1, -0.05) is 13.8 Å². The van der Waals surface area contributed by atoms with Crippen molar-refractivity contribution < 1.29 is 14.3 Å². The zero-order valence-electron chi connectivity index (χ0n) is 17.4. The monoisotopic (exact) mass is 412 g/mol. The van der Waals surface area contributed by atoms with Crippen molar-refractivity contribution in [1.29, 1.82) is 5.26 Å². The molecule has 0 aliphatic heterocycles. The van der Waals surface area contributed by atoms with Crippen molar-refractivity contribution in [3.8, 4) is 6.07 Å². The van der Waals surface area contributed by atoms with Gasteiger partial charge in [-0.3, -0.25) is 19.0 Å². The number of benzene rings is 1. The van der Waals surface area contributed by atoms with Crippen molar-refractivity contribution in [3.63, 3.8) is 0 Å². The number of ether oxygens (including phenoxy) is 1. The number of ketones is 1. The molecule has 0 spiro atoms. The summed E-state index contributed by atoms with van der Waals surface area (Å²) >= 11 is 0. The van der Waals surface area contributed by atoms with E-state index in [0.717, 1.165) is 4.57 Å². The molecule has 158 valence electrons. The fraction of sp³-hybridized carbons (Fsp3) is 0.381. The smallest absolute Gasteiger partial charge is 0.334 e. The molecule has 30 heavy (non-hydrogen) atoms. The molecule has 0 fully saturated rings. The number of carbonyl (C=O) groups is 2. The number of hydrogen-bond donors (Lipinski definition) is 1. The molecule has 9 heteroatoms. The number of rotatable bonds is 7. The van der Waals surface area contributed by atoms with Gasteiger partial charge >= 0.3 is 11.7 Å². The highest BCUT2D eigenvalue weighted by Crippen LogP contribution is 2.20. The number of aryl methyl sites for hydroxylation is 1. The van der Waals surface area contributed by atoms with Gasteiger partial charge in [-0.05, 0) is 43.5 Å². The van der Waals surface area contributed by atoms with Crippen LogP contribution in [0.1, 0.15) is 59.4 Å². The Labute approximate surface area is 173 Å².